The fourth-order valence-corrected chi connectivity index (χ4v) is 5.24. The summed E-state index contributed by atoms with van der Waals surface area (Å²) in [6, 6.07) is 13.0. The third-order valence-corrected chi connectivity index (χ3v) is 7.09. The van der Waals surface area contributed by atoms with Crippen LogP contribution in [0.3, 0.4) is 0 Å². The lowest BCUT2D eigenvalue weighted by Gasteiger charge is -2.15. The van der Waals surface area contributed by atoms with Crippen molar-refractivity contribution in [3.8, 4) is 17.2 Å². The van der Waals surface area contributed by atoms with Crippen LogP contribution < -0.4 is 19.2 Å². The number of fused-ring (bicyclic) bond motifs is 2. The van der Waals surface area contributed by atoms with E-state index >= 15 is 0 Å². The molecule has 11 heteroatoms. The summed E-state index contributed by atoms with van der Waals surface area (Å²) < 4.78 is 31.5. The van der Waals surface area contributed by atoms with E-state index in [1.54, 1.807) is 41.9 Å². The summed E-state index contributed by atoms with van der Waals surface area (Å²) in [6.45, 7) is 0. The lowest BCUT2D eigenvalue weighted by molar-refractivity contribution is 0.0988. The van der Waals surface area contributed by atoms with Crippen molar-refractivity contribution in [2.75, 3.05) is 26.3 Å². The van der Waals surface area contributed by atoms with E-state index in [1.807, 2.05) is 0 Å². The van der Waals surface area contributed by atoms with Gasteiger partial charge in [-0.05, 0) is 48.5 Å². The molecule has 0 fully saturated rings. The van der Waals surface area contributed by atoms with Crippen molar-refractivity contribution in [1.29, 1.82) is 0 Å². The van der Waals surface area contributed by atoms with Crippen LogP contribution in [0.4, 0.5) is 9.52 Å². The molecule has 0 saturated heterocycles. The summed E-state index contributed by atoms with van der Waals surface area (Å²) in [4.78, 5) is 22.4. The molecule has 0 aliphatic carbocycles. The molecular formula is C25H19FN4O4S2. The van der Waals surface area contributed by atoms with Crippen molar-refractivity contribution in [2.45, 2.75) is 0 Å². The SMILES string of the molecule is COc1cc(/C=N/N(C(=O)c2ccc3ncsc3c2)c2nc3ccc(F)cc3s2)cc(OC)c1OC. The highest BCUT2D eigenvalue weighted by Gasteiger charge is 2.22. The van der Waals surface area contributed by atoms with E-state index in [0.29, 0.717) is 43.7 Å². The first-order valence-electron chi connectivity index (χ1n) is 10.6. The third-order valence-electron chi connectivity index (χ3n) is 5.30. The lowest BCUT2D eigenvalue weighted by atomic mass is 10.2. The van der Waals surface area contributed by atoms with Gasteiger partial charge in [0, 0.05) is 11.1 Å². The smallest absolute Gasteiger partial charge is 0.280 e. The van der Waals surface area contributed by atoms with Crippen LogP contribution in [0, 0.1) is 5.82 Å². The van der Waals surface area contributed by atoms with E-state index in [1.165, 1.54) is 67.4 Å². The monoisotopic (exact) mass is 522 g/mol. The van der Waals surface area contributed by atoms with Crippen LogP contribution in [-0.4, -0.2) is 43.4 Å². The van der Waals surface area contributed by atoms with Gasteiger partial charge in [0.05, 0.1) is 53.5 Å². The second-order valence-corrected chi connectivity index (χ2v) is 9.36. The number of hydrogen-bond acceptors (Lipinski definition) is 9. The van der Waals surface area contributed by atoms with Crippen molar-refractivity contribution in [2.24, 2.45) is 5.10 Å². The first kappa shape index (κ1) is 23.6. The van der Waals surface area contributed by atoms with E-state index in [0.717, 1.165) is 10.2 Å². The summed E-state index contributed by atoms with van der Waals surface area (Å²) in [5.74, 6) is 0.557. The van der Waals surface area contributed by atoms with Crippen LogP contribution in [-0.2, 0) is 0 Å². The Balaban J connectivity index is 1.59. The van der Waals surface area contributed by atoms with E-state index in [-0.39, 0.29) is 5.82 Å². The Morgan fingerprint density at radius 2 is 1.72 bits per heavy atom. The normalized spacial score (nSPS) is 11.3. The highest BCUT2D eigenvalue weighted by molar-refractivity contribution is 7.22. The average Bonchev–Trinajstić information content (AvgIpc) is 3.54. The summed E-state index contributed by atoms with van der Waals surface area (Å²) in [7, 11) is 4.55. The number of aromatic nitrogens is 2. The number of nitrogens with zero attached hydrogens (tertiary/aromatic N) is 4. The number of carbonyl (C=O) groups excluding carboxylic acids is 1. The summed E-state index contributed by atoms with van der Waals surface area (Å²) in [6.07, 6.45) is 1.50. The molecule has 8 nitrogen and oxygen atoms in total. The maximum absolute atomic E-state index is 13.8. The quantitative estimate of drug-likeness (QED) is 0.200. The molecule has 2 aromatic heterocycles. The minimum absolute atomic E-state index is 0.300. The van der Waals surface area contributed by atoms with Gasteiger partial charge < -0.3 is 14.2 Å². The van der Waals surface area contributed by atoms with Gasteiger partial charge in [-0.25, -0.2) is 14.4 Å². The number of amides is 1. The molecule has 0 spiro atoms. The lowest BCUT2D eigenvalue weighted by Crippen LogP contribution is -2.25. The first-order valence-corrected chi connectivity index (χ1v) is 12.3. The van der Waals surface area contributed by atoms with E-state index in [9.17, 15) is 9.18 Å². The van der Waals surface area contributed by atoms with Gasteiger partial charge in [-0.3, -0.25) is 4.79 Å². The van der Waals surface area contributed by atoms with Gasteiger partial charge in [0.25, 0.3) is 5.91 Å². The maximum atomic E-state index is 13.8. The summed E-state index contributed by atoms with van der Waals surface area (Å²) in [5, 5.41) is 5.98. The number of anilines is 1. The Hall–Kier alpha value is -4.09. The predicted molar refractivity (Wildman–Crippen MR) is 140 cm³/mol. The molecule has 0 N–H and O–H groups in total. The van der Waals surface area contributed by atoms with Crippen LogP contribution >= 0.6 is 22.7 Å². The number of carbonyl (C=O) groups is 1. The van der Waals surface area contributed by atoms with Crippen LogP contribution in [0.25, 0.3) is 20.4 Å². The number of ether oxygens (including phenoxy) is 3. The number of hydrazone groups is 1. The second kappa shape index (κ2) is 9.88. The Labute approximate surface area is 213 Å². The van der Waals surface area contributed by atoms with Crippen molar-refractivity contribution in [3.05, 3.63) is 71.0 Å². The van der Waals surface area contributed by atoms with Gasteiger partial charge in [-0.15, -0.1) is 11.3 Å². The topological polar surface area (TPSA) is 86.1 Å². The zero-order valence-electron chi connectivity index (χ0n) is 19.4. The average molecular weight is 523 g/mol. The highest BCUT2D eigenvalue weighted by Crippen LogP contribution is 2.38. The summed E-state index contributed by atoms with van der Waals surface area (Å²) in [5.41, 5.74) is 4.11. The van der Waals surface area contributed by atoms with Crippen LogP contribution in [0.5, 0.6) is 17.2 Å². The molecule has 36 heavy (non-hydrogen) atoms. The van der Waals surface area contributed by atoms with Crippen molar-refractivity contribution in [3.63, 3.8) is 0 Å². The predicted octanol–water partition coefficient (Wildman–Crippen LogP) is 5.75. The molecule has 0 radical (unpaired) electrons. The number of benzene rings is 3. The van der Waals surface area contributed by atoms with Gasteiger partial charge in [0.1, 0.15) is 5.82 Å². The standard InChI is InChI=1S/C25H19FN4O4S2/c1-32-19-8-14(9-20(33-2)23(19)34-3)12-28-30(25-29-18-7-5-16(26)11-22(18)36-25)24(31)15-4-6-17-21(10-15)35-13-27-17/h4-13H,1-3H3/b28-12+. The van der Waals surface area contributed by atoms with Crippen LogP contribution in [0.1, 0.15) is 15.9 Å². The Morgan fingerprint density at radius 3 is 2.44 bits per heavy atom. The number of hydrogen-bond donors (Lipinski definition) is 0. The molecule has 0 aliphatic heterocycles. The van der Waals surface area contributed by atoms with E-state index < -0.39 is 5.91 Å². The zero-order chi connectivity index (χ0) is 25.2. The molecule has 0 saturated carbocycles. The number of methoxy groups -OCH3 is 3. The number of thiazole rings is 2. The molecule has 0 bridgehead atoms. The first-order chi connectivity index (χ1) is 17.5. The molecule has 1 amide bonds. The molecule has 0 unspecified atom stereocenters. The molecule has 0 aliphatic rings. The molecule has 0 atom stereocenters. The van der Waals surface area contributed by atoms with Crippen LogP contribution in [0.2, 0.25) is 0 Å². The Bertz CT molecular complexity index is 1590. The second-order valence-electron chi connectivity index (χ2n) is 7.46. The minimum atomic E-state index is -0.395. The molecule has 182 valence electrons. The highest BCUT2D eigenvalue weighted by atomic mass is 32.1. The molecule has 2 heterocycles. The molecule has 5 aromatic rings. The Kier molecular flexibility index (Phi) is 6.49. The minimum Gasteiger partial charge on any atom is -0.493 e. The maximum Gasteiger partial charge on any atom is 0.280 e. The number of rotatable bonds is 7. The van der Waals surface area contributed by atoms with Gasteiger partial charge >= 0.3 is 0 Å². The zero-order valence-corrected chi connectivity index (χ0v) is 21.0. The fraction of sp³-hybridized carbons (Fsp3) is 0.120. The molecular weight excluding hydrogens is 503 g/mol. The van der Waals surface area contributed by atoms with Crippen LogP contribution in [0.15, 0.2) is 59.1 Å². The molecule has 3 aromatic carbocycles. The van der Waals surface area contributed by atoms with E-state index in [4.69, 9.17) is 14.2 Å². The van der Waals surface area contributed by atoms with Gasteiger partial charge in [-0.1, -0.05) is 11.3 Å². The largest absolute Gasteiger partial charge is 0.493 e. The fourth-order valence-electron chi connectivity index (χ4n) is 3.58. The van der Waals surface area contributed by atoms with E-state index in [2.05, 4.69) is 15.1 Å². The molecule has 5 rings (SSSR count). The van der Waals surface area contributed by atoms with Crippen molar-refractivity contribution in [1.82, 2.24) is 9.97 Å². The summed E-state index contributed by atoms with van der Waals surface area (Å²) >= 11 is 2.60. The van der Waals surface area contributed by atoms with Crippen molar-refractivity contribution < 1.29 is 23.4 Å². The third kappa shape index (κ3) is 4.45. The number of halogens is 1. The van der Waals surface area contributed by atoms with Gasteiger partial charge in [0.2, 0.25) is 10.9 Å². The van der Waals surface area contributed by atoms with Crippen molar-refractivity contribution >= 4 is 60.4 Å². The Morgan fingerprint density at radius 1 is 0.972 bits per heavy atom. The van der Waals surface area contributed by atoms with Gasteiger partial charge in [0.15, 0.2) is 11.5 Å². The van der Waals surface area contributed by atoms with Gasteiger partial charge in [-0.2, -0.15) is 10.1 Å².